The van der Waals surface area contributed by atoms with E-state index in [4.69, 9.17) is 5.53 Å². The van der Waals surface area contributed by atoms with Gasteiger partial charge in [-0.15, -0.1) is 0 Å². The summed E-state index contributed by atoms with van der Waals surface area (Å²) in [6.45, 7) is 5.42. The third kappa shape index (κ3) is 3.10. The van der Waals surface area contributed by atoms with E-state index in [1.165, 1.54) is 25.7 Å². The van der Waals surface area contributed by atoms with Crippen LogP contribution in [-0.4, -0.2) is 29.0 Å². The summed E-state index contributed by atoms with van der Waals surface area (Å²) in [6, 6.07) is 0. The Morgan fingerprint density at radius 1 is 1.00 bits per heavy atom. The average molecular weight is 376 g/mol. The Hall–Kier alpha value is -0.770. The first-order valence-corrected chi connectivity index (χ1v) is 11.3. The Balaban J connectivity index is 1.50. The van der Waals surface area contributed by atoms with Gasteiger partial charge in [-0.3, -0.25) is 0 Å². The van der Waals surface area contributed by atoms with Gasteiger partial charge in [-0.1, -0.05) is 19.0 Å². The number of fused-ring (bicyclic) bond motifs is 5. The topological polar surface area (TPSA) is 89.2 Å². The van der Waals surface area contributed by atoms with Crippen molar-refractivity contribution >= 4 is 0 Å². The van der Waals surface area contributed by atoms with Crippen LogP contribution in [0.1, 0.15) is 78.1 Å². The minimum absolute atomic E-state index is 0.0711. The van der Waals surface area contributed by atoms with Gasteiger partial charge in [-0.25, -0.2) is 0 Å². The van der Waals surface area contributed by atoms with Crippen molar-refractivity contribution in [3.63, 3.8) is 0 Å². The number of aliphatic hydroxyl groups excluding tert-OH is 2. The molecule has 0 aromatic carbocycles. The molecule has 0 radical (unpaired) electrons. The molecule has 5 nitrogen and oxygen atoms in total. The van der Waals surface area contributed by atoms with Gasteiger partial charge in [0.25, 0.3) is 0 Å². The zero-order chi connectivity index (χ0) is 19.2. The first-order valence-electron chi connectivity index (χ1n) is 11.3. The lowest BCUT2D eigenvalue weighted by Crippen LogP contribution is -2.54. The summed E-state index contributed by atoms with van der Waals surface area (Å²) in [5.74, 6) is 3.22. The molecule has 0 aromatic heterocycles. The lowest BCUT2D eigenvalue weighted by Gasteiger charge is -2.60. The van der Waals surface area contributed by atoms with Gasteiger partial charge in [0.2, 0.25) is 0 Å². The Morgan fingerprint density at radius 3 is 2.56 bits per heavy atom. The van der Waals surface area contributed by atoms with Gasteiger partial charge in [-0.05, 0) is 110 Å². The number of hydrogen-bond acceptors (Lipinski definition) is 3. The van der Waals surface area contributed by atoms with E-state index in [1.807, 2.05) is 0 Å². The van der Waals surface area contributed by atoms with Gasteiger partial charge in [0.05, 0.1) is 12.2 Å². The second-order valence-electron chi connectivity index (χ2n) is 10.7. The van der Waals surface area contributed by atoms with Crippen LogP contribution in [0.5, 0.6) is 0 Å². The van der Waals surface area contributed by atoms with Gasteiger partial charge in [0, 0.05) is 11.5 Å². The van der Waals surface area contributed by atoms with Crippen molar-refractivity contribution in [1.29, 1.82) is 0 Å². The van der Waals surface area contributed by atoms with Crippen LogP contribution >= 0.6 is 0 Å². The molecular formula is C22H37N3O2. The van der Waals surface area contributed by atoms with Crippen LogP contribution in [0.15, 0.2) is 5.11 Å². The van der Waals surface area contributed by atoms with Crippen LogP contribution in [0.25, 0.3) is 10.4 Å². The fourth-order valence-electron chi connectivity index (χ4n) is 8.13. The highest BCUT2D eigenvalue weighted by Crippen LogP contribution is 2.67. The average Bonchev–Trinajstić information content (AvgIpc) is 2.91. The maximum atomic E-state index is 11.2. The van der Waals surface area contributed by atoms with E-state index in [0.717, 1.165) is 50.4 Å². The van der Waals surface area contributed by atoms with E-state index in [1.54, 1.807) is 0 Å². The second kappa shape index (κ2) is 7.24. The van der Waals surface area contributed by atoms with Crippen LogP contribution in [0.3, 0.4) is 0 Å². The van der Waals surface area contributed by atoms with Crippen LogP contribution in [0.4, 0.5) is 0 Å². The number of nitrogens with zero attached hydrogens (tertiary/aromatic N) is 3. The summed E-state index contributed by atoms with van der Waals surface area (Å²) in [5.41, 5.74) is 8.95. The van der Waals surface area contributed by atoms with E-state index in [2.05, 4.69) is 23.9 Å². The predicted octanol–water partition coefficient (Wildman–Crippen LogP) is 5.07. The molecule has 0 bridgehead atoms. The fourth-order valence-corrected chi connectivity index (χ4v) is 8.13. The number of aliphatic hydroxyl groups is 2. The van der Waals surface area contributed by atoms with E-state index >= 15 is 0 Å². The molecule has 5 heteroatoms. The molecule has 2 N–H and O–H groups in total. The molecule has 9 atom stereocenters. The molecule has 0 heterocycles. The third-order valence-corrected chi connectivity index (χ3v) is 9.65. The monoisotopic (exact) mass is 375 g/mol. The zero-order valence-corrected chi connectivity index (χ0v) is 17.1. The van der Waals surface area contributed by atoms with Gasteiger partial charge in [-0.2, -0.15) is 0 Å². The van der Waals surface area contributed by atoms with Gasteiger partial charge < -0.3 is 10.2 Å². The van der Waals surface area contributed by atoms with Crippen molar-refractivity contribution in [2.45, 2.75) is 90.3 Å². The van der Waals surface area contributed by atoms with E-state index in [9.17, 15) is 10.2 Å². The largest absolute Gasteiger partial charge is 0.393 e. The summed E-state index contributed by atoms with van der Waals surface area (Å²) in [4.78, 5) is 2.85. The highest BCUT2D eigenvalue weighted by molar-refractivity contribution is 5.11. The molecule has 4 aliphatic rings. The molecular weight excluding hydrogens is 338 g/mol. The molecule has 27 heavy (non-hydrogen) atoms. The molecule has 0 spiro atoms. The van der Waals surface area contributed by atoms with Crippen LogP contribution in [0.2, 0.25) is 0 Å². The van der Waals surface area contributed by atoms with Gasteiger partial charge >= 0.3 is 0 Å². The molecule has 4 aliphatic carbocycles. The Labute approximate surface area is 163 Å². The van der Waals surface area contributed by atoms with Crippen molar-refractivity contribution < 1.29 is 10.2 Å². The van der Waals surface area contributed by atoms with Gasteiger partial charge in [0.15, 0.2) is 0 Å². The van der Waals surface area contributed by atoms with E-state index in [-0.39, 0.29) is 17.6 Å². The zero-order valence-electron chi connectivity index (χ0n) is 17.1. The summed E-state index contributed by atoms with van der Waals surface area (Å²) >= 11 is 0. The summed E-state index contributed by atoms with van der Waals surface area (Å²) < 4.78 is 0. The summed E-state index contributed by atoms with van der Waals surface area (Å²) in [7, 11) is 0. The first-order chi connectivity index (χ1) is 12.9. The molecule has 4 saturated carbocycles. The van der Waals surface area contributed by atoms with Gasteiger partial charge in [0.1, 0.15) is 0 Å². The molecule has 0 aliphatic heterocycles. The molecule has 4 rings (SSSR count). The Morgan fingerprint density at radius 2 is 1.78 bits per heavy atom. The van der Waals surface area contributed by atoms with Crippen molar-refractivity contribution in [3.05, 3.63) is 10.4 Å². The second-order valence-corrected chi connectivity index (χ2v) is 10.7. The molecule has 0 unspecified atom stereocenters. The standard InChI is InChI=1S/C22H37N3O2/c1-21-9-7-16(26)13-15(21)5-6-17-18(21)8-10-22(2)19(17)12-14(20(22)27)4-3-11-24-25-23/h14-20,26-27H,3-13H2,1-2H3/t14-,15+,16-,17-,18+,19+,20+,21+,22+/m1/s1. The molecule has 0 aromatic rings. The number of rotatable bonds is 4. The first kappa shape index (κ1) is 19.5. The lowest BCUT2D eigenvalue weighted by molar-refractivity contribution is -0.134. The van der Waals surface area contributed by atoms with Crippen molar-refractivity contribution in [2.24, 2.45) is 45.5 Å². The van der Waals surface area contributed by atoms with E-state index in [0.29, 0.717) is 29.7 Å². The number of azide groups is 1. The van der Waals surface area contributed by atoms with Crippen molar-refractivity contribution in [2.75, 3.05) is 6.54 Å². The number of hydrogen-bond donors (Lipinski definition) is 2. The smallest absolute Gasteiger partial charge is 0.0624 e. The minimum Gasteiger partial charge on any atom is -0.393 e. The molecule has 152 valence electrons. The quantitative estimate of drug-likeness (QED) is 0.311. The maximum absolute atomic E-state index is 11.2. The Bertz CT molecular complexity index is 606. The maximum Gasteiger partial charge on any atom is 0.0624 e. The van der Waals surface area contributed by atoms with E-state index < -0.39 is 0 Å². The highest BCUT2D eigenvalue weighted by atomic mass is 16.3. The normalized spacial score (nSPS) is 51.6. The van der Waals surface area contributed by atoms with Crippen LogP contribution < -0.4 is 0 Å². The minimum atomic E-state index is -0.201. The molecule has 0 amide bonds. The van der Waals surface area contributed by atoms with Crippen LogP contribution in [-0.2, 0) is 0 Å². The third-order valence-electron chi connectivity index (χ3n) is 9.65. The Kier molecular flexibility index (Phi) is 5.24. The predicted molar refractivity (Wildman–Crippen MR) is 106 cm³/mol. The summed E-state index contributed by atoms with van der Waals surface area (Å²) in [5, 5.41) is 25.0. The summed E-state index contributed by atoms with van der Waals surface area (Å²) in [6.07, 6.45) is 10.9. The fraction of sp³-hybridized carbons (Fsp3) is 1.00. The SMILES string of the molecule is C[C@]12CC[C@@H](O)C[C@@H]1CC[C@@H]1[C@@H]2CC[C@]2(C)[C@@H](O)[C@H](CCCN=[N+]=[N-])C[C@@H]12. The molecule has 4 fully saturated rings. The highest BCUT2D eigenvalue weighted by Gasteiger charge is 2.61. The molecule has 0 saturated heterocycles. The van der Waals surface area contributed by atoms with Crippen molar-refractivity contribution in [1.82, 2.24) is 0 Å². The van der Waals surface area contributed by atoms with Crippen LogP contribution in [0, 0.1) is 40.4 Å². The lowest BCUT2D eigenvalue weighted by atomic mass is 9.45. The van der Waals surface area contributed by atoms with Crippen molar-refractivity contribution in [3.8, 4) is 0 Å².